The molecule has 2 aromatic rings. The Morgan fingerprint density at radius 2 is 1.76 bits per heavy atom. The van der Waals surface area contributed by atoms with E-state index < -0.39 is 0 Å². The van der Waals surface area contributed by atoms with Crippen LogP contribution in [0.2, 0.25) is 0 Å². The SMILES string of the molecule is CCNC(=O)/C(=C/c1ccc(OC)cc1)c1ccccc1. The molecule has 0 saturated heterocycles. The van der Waals surface area contributed by atoms with E-state index in [1.165, 1.54) is 0 Å². The normalized spacial score (nSPS) is 11.0. The van der Waals surface area contributed by atoms with Crippen LogP contribution in [0, 0.1) is 0 Å². The fourth-order valence-electron chi connectivity index (χ4n) is 2.02. The second-order valence-corrected chi connectivity index (χ2v) is 4.56. The highest BCUT2D eigenvalue weighted by atomic mass is 16.5. The van der Waals surface area contributed by atoms with Crippen molar-refractivity contribution in [2.45, 2.75) is 6.92 Å². The minimum atomic E-state index is -0.0699. The molecule has 3 nitrogen and oxygen atoms in total. The van der Waals surface area contributed by atoms with E-state index in [0.717, 1.165) is 16.9 Å². The van der Waals surface area contributed by atoms with Gasteiger partial charge in [-0.1, -0.05) is 42.5 Å². The predicted octanol–water partition coefficient (Wildman–Crippen LogP) is 3.37. The lowest BCUT2D eigenvalue weighted by atomic mass is 10.0. The number of methoxy groups -OCH3 is 1. The topological polar surface area (TPSA) is 38.3 Å². The summed E-state index contributed by atoms with van der Waals surface area (Å²) < 4.78 is 5.14. The Balaban J connectivity index is 2.38. The van der Waals surface area contributed by atoms with Crippen LogP contribution in [0.4, 0.5) is 0 Å². The number of benzene rings is 2. The number of ether oxygens (including phenoxy) is 1. The first-order chi connectivity index (χ1) is 10.2. The lowest BCUT2D eigenvalue weighted by molar-refractivity contribution is -0.115. The minimum absolute atomic E-state index is 0.0699. The minimum Gasteiger partial charge on any atom is -0.497 e. The average Bonchev–Trinajstić information content (AvgIpc) is 2.54. The molecule has 2 aromatic carbocycles. The zero-order valence-electron chi connectivity index (χ0n) is 12.3. The smallest absolute Gasteiger partial charge is 0.251 e. The fourth-order valence-corrected chi connectivity index (χ4v) is 2.02. The Hall–Kier alpha value is -2.55. The zero-order chi connectivity index (χ0) is 15.1. The quantitative estimate of drug-likeness (QED) is 0.674. The van der Waals surface area contributed by atoms with Gasteiger partial charge in [-0.15, -0.1) is 0 Å². The summed E-state index contributed by atoms with van der Waals surface area (Å²) in [4.78, 5) is 12.3. The van der Waals surface area contributed by atoms with Gasteiger partial charge >= 0.3 is 0 Å². The van der Waals surface area contributed by atoms with Crippen LogP contribution in [0.1, 0.15) is 18.1 Å². The molecule has 0 heterocycles. The fraction of sp³-hybridized carbons (Fsp3) is 0.167. The van der Waals surface area contributed by atoms with Gasteiger partial charge in [-0.25, -0.2) is 0 Å². The highest BCUT2D eigenvalue weighted by Gasteiger charge is 2.10. The lowest BCUT2D eigenvalue weighted by Gasteiger charge is -2.08. The van der Waals surface area contributed by atoms with Gasteiger partial charge in [0, 0.05) is 12.1 Å². The number of rotatable bonds is 5. The Morgan fingerprint density at radius 3 is 2.33 bits per heavy atom. The Morgan fingerprint density at radius 1 is 1.10 bits per heavy atom. The van der Waals surface area contributed by atoms with Crippen molar-refractivity contribution in [2.24, 2.45) is 0 Å². The molecule has 108 valence electrons. The lowest BCUT2D eigenvalue weighted by Crippen LogP contribution is -2.23. The van der Waals surface area contributed by atoms with Crippen molar-refractivity contribution < 1.29 is 9.53 Å². The van der Waals surface area contributed by atoms with E-state index in [1.807, 2.05) is 67.6 Å². The highest BCUT2D eigenvalue weighted by Crippen LogP contribution is 2.20. The molecule has 1 amide bonds. The van der Waals surface area contributed by atoms with Crippen molar-refractivity contribution in [1.82, 2.24) is 5.32 Å². The van der Waals surface area contributed by atoms with Gasteiger partial charge in [0.25, 0.3) is 5.91 Å². The van der Waals surface area contributed by atoms with E-state index in [1.54, 1.807) is 7.11 Å². The van der Waals surface area contributed by atoms with Crippen molar-refractivity contribution in [1.29, 1.82) is 0 Å². The average molecular weight is 281 g/mol. The van der Waals surface area contributed by atoms with Crippen LogP contribution < -0.4 is 10.1 Å². The first-order valence-electron chi connectivity index (χ1n) is 6.94. The first kappa shape index (κ1) is 14.9. The zero-order valence-corrected chi connectivity index (χ0v) is 12.3. The molecule has 21 heavy (non-hydrogen) atoms. The van der Waals surface area contributed by atoms with E-state index in [4.69, 9.17) is 4.74 Å². The number of hydrogen-bond acceptors (Lipinski definition) is 2. The molecule has 0 radical (unpaired) electrons. The van der Waals surface area contributed by atoms with E-state index in [0.29, 0.717) is 12.1 Å². The number of hydrogen-bond donors (Lipinski definition) is 1. The molecule has 0 bridgehead atoms. The van der Waals surface area contributed by atoms with Crippen molar-refractivity contribution >= 4 is 17.6 Å². The third-order valence-corrected chi connectivity index (χ3v) is 3.09. The summed E-state index contributed by atoms with van der Waals surface area (Å²) >= 11 is 0. The van der Waals surface area contributed by atoms with E-state index >= 15 is 0 Å². The number of nitrogens with one attached hydrogen (secondary N) is 1. The van der Waals surface area contributed by atoms with Crippen molar-refractivity contribution in [3.63, 3.8) is 0 Å². The third kappa shape index (κ3) is 3.96. The molecule has 3 heteroatoms. The molecular formula is C18H19NO2. The third-order valence-electron chi connectivity index (χ3n) is 3.09. The molecule has 0 atom stereocenters. The van der Waals surface area contributed by atoms with E-state index in [-0.39, 0.29) is 5.91 Å². The molecule has 0 saturated carbocycles. The van der Waals surface area contributed by atoms with Gasteiger partial charge in [0.1, 0.15) is 5.75 Å². The summed E-state index contributed by atoms with van der Waals surface area (Å²) in [5.41, 5.74) is 2.52. The standard InChI is InChI=1S/C18H19NO2/c1-3-19-18(20)17(15-7-5-4-6-8-15)13-14-9-11-16(21-2)12-10-14/h4-13H,3H2,1-2H3,(H,19,20)/b17-13+. The Labute approximate surface area is 125 Å². The summed E-state index contributed by atoms with van der Waals surface area (Å²) in [6.07, 6.45) is 1.89. The number of carbonyl (C=O) groups is 1. The highest BCUT2D eigenvalue weighted by molar-refractivity contribution is 6.24. The Kier molecular flexibility index (Phi) is 5.16. The van der Waals surface area contributed by atoms with Crippen molar-refractivity contribution in [2.75, 3.05) is 13.7 Å². The largest absolute Gasteiger partial charge is 0.497 e. The van der Waals surface area contributed by atoms with Crippen molar-refractivity contribution in [3.8, 4) is 5.75 Å². The number of likely N-dealkylation sites (N-methyl/N-ethyl adjacent to an activating group) is 1. The van der Waals surface area contributed by atoms with Gasteiger partial charge in [-0.2, -0.15) is 0 Å². The van der Waals surface area contributed by atoms with Crippen LogP contribution >= 0.6 is 0 Å². The monoisotopic (exact) mass is 281 g/mol. The number of amides is 1. The number of carbonyl (C=O) groups excluding carboxylic acids is 1. The van der Waals surface area contributed by atoms with Gasteiger partial charge in [-0.3, -0.25) is 4.79 Å². The molecular weight excluding hydrogens is 262 g/mol. The van der Waals surface area contributed by atoms with Gasteiger partial charge in [-0.05, 0) is 36.3 Å². The van der Waals surface area contributed by atoms with Gasteiger partial charge < -0.3 is 10.1 Å². The van der Waals surface area contributed by atoms with Crippen LogP contribution in [0.15, 0.2) is 54.6 Å². The van der Waals surface area contributed by atoms with Crippen LogP contribution in [0.3, 0.4) is 0 Å². The summed E-state index contributed by atoms with van der Waals surface area (Å²) in [7, 11) is 1.63. The Bertz CT molecular complexity index is 615. The molecule has 0 aliphatic rings. The van der Waals surface area contributed by atoms with E-state index in [2.05, 4.69) is 5.32 Å². The summed E-state index contributed by atoms with van der Waals surface area (Å²) in [5, 5.41) is 2.85. The maximum absolute atomic E-state index is 12.3. The van der Waals surface area contributed by atoms with Crippen LogP contribution in [-0.2, 0) is 4.79 Å². The summed E-state index contributed by atoms with van der Waals surface area (Å²) in [5.74, 6) is 0.728. The molecule has 2 rings (SSSR count). The molecule has 0 fully saturated rings. The molecule has 0 aromatic heterocycles. The van der Waals surface area contributed by atoms with Gasteiger partial charge in [0.05, 0.1) is 7.11 Å². The molecule has 0 unspecified atom stereocenters. The maximum atomic E-state index is 12.3. The van der Waals surface area contributed by atoms with Crippen LogP contribution in [-0.4, -0.2) is 19.6 Å². The molecule has 1 N–H and O–H groups in total. The van der Waals surface area contributed by atoms with Crippen molar-refractivity contribution in [3.05, 3.63) is 65.7 Å². The van der Waals surface area contributed by atoms with E-state index in [9.17, 15) is 4.79 Å². The molecule has 0 aliphatic heterocycles. The second kappa shape index (κ2) is 7.29. The van der Waals surface area contributed by atoms with Gasteiger partial charge in [0.15, 0.2) is 0 Å². The molecule has 0 spiro atoms. The maximum Gasteiger partial charge on any atom is 0.251 e. The van der Waals surface area contributed by atoms with Crippen LogP contribution in [0.25, 0.3) is 11.6 Å². The summed E-state index contributed by atoms with van der Waals surface area (Å²) in [6, 6.07) is 17.3. The van der Waals surface area contributed by atoms with Gasteiger partial charge in [0.2, 0.25) is 0 Å². The predicted molar refractivity (Wildman–Crippen MR) is 86.0 cm³/mol. The summed E-state index contributed by atoms with van der Waals surface area (Å²) in [6.45, 7) is 2.51. The second-order valence-electron chi connectivity index (χ2n) is 4.56. The first-order valence-corrected chi connectivity index (χ1v) is 6.94. The van der Waals surface area contributed by atoms with Crippen LogP contribution in [0.5, 0.6) is 5.75 Å². The molecule has 0 aliphatic carbocycles.